The quantitative estimate of drug-likeness (QED) is 0.602. The molecule has 3 heteroatoms. The van der Waals surface area contributed by atoms with E-state index in [0.29, 0.717) is 12.3 Å². The summed E-state index contributed by atoms with van der Waals surface area (Å²) in [6.07, 6.45) is 10.7. The molecule has 0 saturated carbocycles. The molecule has 3 nitrogen and oxygen atoms in total. The van der Waals surface area contributed by atoms with Gasteiger partial charge in [-0.05, 0) is 50.6 Å². The lowest BCUT2D eigenvalue weighted by molar-refractivity contribution is -0.121. The normalized spacial score (nSPS) is 19.2. The van der Waals surface area contributed by atoms with Gasteiger partial charge in [-0.1, -0.05) is 39.5 Å². The third-order valence-electron chi connectivity index (χ3n) is 4.21. The molecule has 0 aromatic heterocycles. The number of unbranched alkanes of at least 4 members (excludes halogenated alkanes) is 3. The summed E-state index contributed by atoms with van der Waals surface area (Å²) in [5, 5.41) is 6.47. The van der Waals surface area contributed by atoms with Gasteiger partial charge < -0.3 is 10.6 Å². The fourth-order valence-electron chi connectivity index (χ4n) is 2.85. The molecule has 1 aliphatic heterocycles. The third kappa shape index (κ3) is 9.35. The van der Waals surface area contributed by atoms with E-state index in [-0.39, 0.29) is 5.91 Å². The number of rotatable bonds is 10. The van der Waals surface area contributed by atoms with E-state index >= 15 is 0 Å². The number of carbonyl (C=O) groups is 1. The summed E-state index contributed by atoms with van der Waals surface area (Å²) < 4.78 is 0. The van der Waals surface area contributed by atoms with Crippen LogP contribution < -0.4 is 10.6 Å². The van der Waals surface area contributed by atoms with Crippen molar-refractivity contribution in [1.29, 1.82) is 0 Å². The van der Waals surface area contributed by atoms with Gasteiger partial charge in [0.2, 0.25) is 5.91 Å². The Bertz CT molecular complexity index is 247. The summed E-state index contributed by atoms with van der Waals surface area (Å²) >= 11 is 0. The summed E-state index contributed by atoms with van der Waals surface area (Å²) in [6.45, 7) is 7.68. The fourth-order valence-corrected chi connectivity index (χ4v) is 2.85. The molecule has 1 fully saturated rings. The Hall–Kier alpha value is -0.570. The highest BCUT2D eigenvalue weighted by Gasteiger charge is 2.14. The van der Waals surface area contributed by atoms with Crippen LogP contribution in [0.5, 0.6) is 0 Å². The molecule has 1 heterocycles. The molecule has 0 spiro atoms. The first-order valence-electron chi connectivity index (χ1n) is 8.66. The van der Waals surface area contributed by atoms with Gasteiger partial charge in [0.15, 0.2) is 0 Å². The van der Waals surface area contributed by atoms with Crippen molar-refractivity contribution in [1.82, 2.24) is 10.6 Å². The zero-order valence-corrected chi connectivity index (χ0v) is 13.5. The van der Waals surface area contributed by atoms with Crippen molar-refractivity contribution in [3.05, 3.63) is 0 Å². The minimum Gasteiger partial charge on any atom is -0.356 e. The van der Waals surface area contributed by atoms with Gasteiger partial charge in [-0.25, -0.2) is 0 Å². The number of hydrogen-bond acceptors (Lipinski definition) is 2. The highest BCUT2D eigenvalue weighted by molar-refractivity contribution is 5.75. The van der Waals surface area contributed by atoms with Crippen molar-refractivity contribution in [3.63, 3.8) is 0 Å². The number of nitrogens with one attached hydrogen (secondary N) is 2. The maximum atomic E-state index is 11.7. The summed E-state index contributed by atoms with van der Waals surface area (Å²) in [5.74, 6) is 1.78. The molecule has 0 radical (unpaired) electrons. The van der Waals surface area contributed by atoms with Gasteiger partial charge in [0.1, 0.15) is 0 Å². The Balaban J connectivity index is 1.87. The molecule has 1 saturated heterocycles. The highest BCUT2D eigenvalue weighted by Crippen LogP contribution is 2.15. The van der Waals surface area contributed by atoms with Gasteiger partial charge in [0.25, 0.3) is 0 Å². The molecule has 0 aromatic rings. The molecule has 118 valence electrons. The van der Waals surface area contributed by atoms with Crippen LogP contribution >= 0.6 is 0 Å². The van der Waals surface area contributed by atoms with Crippen LogP contribution in [-0.4, -0.2) is 25.5 Å². The fraction of sp³-hybridized carbons (Fsp3) is 0.941. The van der Waals surface area contributed by atoms with Crippen LogP contribution in [0.15, 0.2) is 0 Å². The van der Waals surface area contributed by atoms with E-state index < -0.39 is 0 Å². The molecule has 20 heavy (non-hydrogen) atoms. The van der Waals surface area contributed by atoms with Gasteiger partial charge in [-0.2, -0.15) is 0 Å². The first-order chi connectivity index (χ1) is 9.68. The Kier molecular flexibility index (Phi) is 9.73. The Morgan fingerprint density at radius 1 is 1.25 bits per heavy atom. The first-order valence-corrected chi connectivity index (χ1v) is 8.66. The van der Waals surface area contributed by atoms with Gasteiger partial charge in [-0.15, -0.1) is 0 Å². The summed E-state index contributed by atoms with van der Waals surface area (Å²) in [4.78, 5) is 11.7. The van der Waals surface area contributed by atoms with Crippen molar-refractivity contribution < 1.29 is 4.79 Å². The topological polar surface area (TPSA) is 41.1 Å². The lowest BCUT2D eigenvalue weighted by Gasteiger charge is -2.22. The minimum absolute atomic E-state index is 0.248. The Morgan fingerprint density at radius 3 is 2.75 bits per heavy atom. The second-order valence-electron chi connectivity index (χ2n) is 6.70. The van der Waals surface area contributed by atoms with Crippen molar-refractivity contribution in [3.8, 4) is 0 Å². The van der Waals surface area contributed by atoms with Gasteiger partial charge in [0.05, 0.1) is 0 Å². The van der Waals surface area contributed by atoms with Crippen molar-refractivity contribution in [2.45, 2.75) is 71.6 Å². The molecule has 1 amide bonds. The largest absolute Gasteiger partial charge is 0.356 e. The smallest absolute Gasteiger partial charge is 0.220 e. The van der Waals surface area contributed by atoms with E-state index in [1.165, 1.54) is 38.5 Å². The number of amides is 1. The second-order valence-corrected chi connectivity index (χ2v) is 6.70. The number of hydrogen-bond donors (Lipinski definition) is 2. The van der Waals surface area contributed by atoms with Crippen LogP contribution in [0.2, 0.25) is 0 Å². The monoisotopic (exact) mass is 282 g/mol. The van der Waals surface area contributed by atoms with Crippen LogP contribution in [0.4, 0.5) is 0 Å². The standard InChI is InChI=1S/C17H34N2O/c1-15(2)8-5-3-4-6-13-19-17(20)11-10-16-9-7-12-18-14-16/h15-16,18H,3-14H2,1-2H3,(H,19,20). The van der Waals surface area contributed by atoms with Gasteiger partial charge in [0, 0.05) is 13.0 Å². The Labute approximate surface area is 125 Å². The maximum Gasteiger partial charge on any atom is 0.220 e. The van der Waals surface area contributed by atoms with Crippen LogP contribution in [0.25, 0.3) is 0 Å². The van der Waals surface area contributed by atoms with E-state index in [0.717, 1.165) is 38.4 Å². The molecular weight excluding hydrogens is 248 g/mol. The Morgan fingerprint density at radius 2 is 2.05 bits per heavy atom. The van der Waals surface area contributed by atoms with Crippen molar-refractivity contribution in [2.24, 2.45) is 11.8 Å². The molecule has 1 atom stereocenters. The SMILES string of the molecule is CC(C)CCCCCCNC(=O)CCC1CCCNC1. The lowest BCUT2D eigenvalue weighted by Crippen LogP contribution is -2.31. The molecular formula is C17H34N2O. The zero-order valence-electron chi connectivity index (χ0n) is 13.5. The molecule has 0 aliphatic carbocycles. The maximum absolute atomic E-state index is 11.7. The summed E-state index contributed by atoms with van der Waals surface area (Å²) in [6, 6.07) is 0. The summed E-state index contributed by atoms with van der Waals surface area (Å²) in [7, 11) is 0. The van der Waals surface area contributed by atoms with Gasteiger partial charge in [-0.3, -0.25) is 4.79 Å². The average Bonchev–Trinajstić information content (AvgIpc) is 2.45. The predicted octanol–water partition coefficient (Wildman–Crippen LogP) is 3.49. The highest BCUT2D eigenvalue weighted by atomic mass is 16.1. The molecule has 1 aliphatic rings. The lowest BCUT2D eigenvalue weighted by atomic mass is 9.94. The summed E-state index contributed by atoms with van der Waals surface area (Å²) in [5.41, 5.74) is 0. The van der Waals surface area contributed by atoms with Gasteiger partial charge >= 0.3 is 0 Å². The first kappa shape index (κ1) is 17.5. The average molecular weight is 282 g/mol. The van der Waals surface area contributed by atoms with E-state index in [2.05, 4.69) is 24.5 Å². The van der Waals surface area contributed by atoms with Crippen LogP contribution in [-0.2, 0) is 4.79 Å². The van der Waals surface area contributed by atoms with Crippen LogP contribution in [0.3, 0.4) is 0 Å². The molecule has 1 rings (SSSR count). The predicted molar refractivity (Wildman–Crippen MR) is 85.8 cm³/mol. The van der Waals surface area contributed by atoms with E-state index in [9.17, 15) is 4.79 Å². The van der Waals surface area contributed by atoms with Crippen LogP contribution in [0.1, 0.15) is 71.6 Å². The van der Waals surface area contributed by atoms with Crippen molar-refractivity contribution in [2.75, 3.05) is 19.6 Å². The third-order valence-corrected chi connectivity index (χ3v) is 4.21. The van der Waals surface area contributed by atoms with Crippen molar-refractivity contribution >= 4 is 5.91 Å². The molecule has 2 N–H and O–H groups in total. The number of carbonyl (C=O) groups excluding carboxylic acids is 1. The van der Waals surface area contributed by atoms with Crippen LogP contribution in [0, 0.1) is 11.8 Å². The van der Waals surface area contributed by atoms with E-state index in [4.69, 9.17) is 0 Å². The van der Waals surface area contributed by atoms with E-state index in [1.54, 1.807) is 0 Å². The number of piperidine rings is 1. The second kappa shape index (κ2) is 11.1. The molecule has 1 unspecified atom stereocenters. The van der Waals surface area contributed by atoms with E-state index in [1.807, 2.05) is 0 Å². The molecule has 0 aromatic carbocycles. The molecule has 0 bridgehead atoms. The zero-order chi connectivity index (χ0) is 14.6. The minimum atomic E-state index is 0.248.